The Morgan fingerprint density at radius 3 is 2.63 bits per heavy atom. The van der Waals surface area contributed by atoms with E-state index in [0.29, 0.717) is 18.4 Å². The molecule has 0 spiro atoms. The molecule has 0 radical (unpaired) electrons. The van der Waals surface area contributed by atoms with E-state index < -0.39 is 5.54 Å². The second kappa shape index (κ2) is 6.25. The highest BCUT2D eigenvalue weighted by molar-refractivity contribution is 5.81. The smallest absolute Gasteiger partial charge is 0.326 e. The Morgan fingerprint density at radius 2 is 2.05 bits per heavy atom. The molecule has 2 saturated carbocycles. The van der Waals surface area contributed by atoms with Gasteiger partial charge in [-0.3, -0.25) is 4.79 Å². The molecule has 3 nitrogen and oxygen atoms in total. The van der Waals surface area contributed by atoms with E-state index >= 15 is 0 Å². The first-order valence-corrected chi connectivity index (χ1v) is 8.02. The zero-order chi connectivity index (χ0) is 13.9. The predicted molar refractivity (Wildman–Crippen MR) is 76.9 cm³/mol. The molecule has 2 aliphatic rings. The second-order valence-corrected chi connectivity index (χ2v) is 6.61. The standard InChI is InChI=1S/C16H29NO2/c1-4-19-15(18)16(17-11-13-8-9-13)10-6-5-7-14(16)12(2)3/h12-14,17H,4-11H2,1-3H3. The van der Waals surface area contributed by atoms with Crippen LogP contribution >= 0.6 is 0 Å². The Bertz CT molecular complexity index is 312. The summed E-state index contributed by atoms with van der Waals surface area (Å²) in [7, 11) is 0. The quantitative estimate of drug-likeness (QED) is 0.751. The van der Waals surface area contributed by atoms with Gasteiger partial charge in [0.05, 0.1) is 6.61 Å². The summed E-state index contributed by atoms with van der Waals surface area (Å²) in [4.78, 5) is 12.6. The molecule has 1 N–H and O–H groups in total. The number of carbonyl (C=O) groups excluding carboxylic acids is 1. The fraction of sp³-hybridized carbons (Fsp3) is 0.938. The zero-order valence-electron chi connectivity index (χ0n) is 12.7. The molecule has 2 atom stereocenters. The highest BCUT2D eigenvalue weighted by atomic mass is 16.5. The van der Waals surface area contributed by atoms with Crippen molar-refractivity contribution < 1.29 is 9.53 Å². The van der Waals surface area contributed by atoms with Gasteiger partial charge in [-0.1, -0.05) is 26.7 Å². The third-order valence-corrected chi connectivity index (χ3v) is 4.82. The molecule has 0 bridgehead atoms. The average molecular weight is 267 g/mol. The highest BCUT2D eigenvalue weighted by Gasteiger charge is 2.49. The highest BCUT2D eigenvalue weighted by Crippen LogP contribution is 2.40. The van der Waals surface area contributed by atoms with Crippen molar-refractivity contribution in [1.82, 2.24) is 5.32 Å². The van der Waals surface area contributed by atoms with Crippen LogP contribution in [0.1, 0.15) is 59.3 Å². The van der Waals surface area contributed by atoms with Crippen LogP contribution in [0, 0.1) is 17.8 Å². The van der Waals surface area contributed by atoms with E-state index in [1.807, 2.05) is 6.92 Å². The zero-order valence-corrected chi connectivity index (χ0v) is 12.7. The van der Waals surface area contributed by atoms with Gasteiger partial charge in [0.15, 0.2) is 0 Å². The Hall–Kier alpha value is -0.570. The fourth-order valence-electron chi connectivity index (χ4n) is 3.56. The Morgan fingerprint density at radius 1 is 1.32 bits per heavy atom. The number of nitrogens with one attached hydrogen (secondary N) is 1. The van der Waals surface area contributed by atoms with Gasteiger partial charge in [-0.15, -0.1) is 0 Å². The van der Waals surface area contributed by atoms with Crippen molar-refractivity contribution in [3.63, 3.8) is 0 Å². The van der Waals surface area contributed by atoms with Gasteiger partial charge in [0.1, 0.15) is 5.54 Å². The Balaban J connectivity index is 2.15. The minimum atomic E-state index is -0.412. The summed E-state index contributed by atoms with van der Waals surface area (Å²) >= 11 is 0. The van der Waals surface area contributed by atoms with Gasteiger partial charge in [-0.25, -0.2) is 0 Å². The van der Waals surface area contributed by atoms with Crippen LogP contribution in [0.3, 0.4) is 0 Å². The maximum absolute atomic E-state index is 12.6. The molecule has 0 aromatic heterocycles. The van der Waals surface area contributed by atoms with E-state index in [-0.39, 0.29) is 5.97 Å². The number of hydrogen-bond acceptors (Lipinski definition) is 3. The predicted octanol–water partition coefficient (Wildman–Crippen LogP) is 3.13. The lowest BCUT2D eigenvalue weighted by atomic mass is 9.67. The van der Waals surface area contributed by atoms with Crippen LogP contribution in [-0.2, 0) is 9.53 Å². The molecule has 2 fully saturated rings. The summed E-state index contributed by atoms with van der Waals surface area (Å²) in [6.07, 6.45) is 7.11. The van der Waals surface area contributed by atoms with Crippen LogP contribution in [0.2, 0.25) is 0 Å². The normalized spacial score (nSPS) is 31.5. The third kappa shape index (κ3) is 3.31. The Kier molecular flexibility index (Phi) is 4.88. The van der Waals surface area contributed by atoms with Crippen LogP contribution < -0.4 is 5.32 Å². The van der Waals surface area contributed by atoms with Gasteiger partial charge in [-0.2, -0.15) is 0 Å². The van der Waals surface area contributed by atoms with Gasteiger partial charge >= 0.3 is 5.97 Å². The van der Waals surface area contributed by atoms with Gasteiger partial charge in [0.25, 0.3) is 0 Å². The minimum absolute atomic E-state index is 0.00551. The van der Waals surface area contributed by atoms with Crippen LogP contribution in [0.25, 0.3) is 0 Å². The summed E-state index contributed by atoms with van der Waals surface area (Å²) in [6.45, 7) is 7.85. The van der Waals surface area contributed by atoms with E-state index in [0.717, 1.165) is 31.7 Å². The molecule has 2 rings (SSSR count). The van der Waals surface area contributed by atoms with E-state index in [2.05, 4.69) is 19.2 Å². The lowest BCUT2D eigenvalue weighted by Gasteiger charge is -2.44. The maximum Gasteiger partial charge on any atom is 0.326 e. The maximum atomic E-state index is 12.6. The van der Waals surface area contributed by atoms with Gasteiger partial charge in [0, 0.05) is 0 Å². The lowest BCUT2D eigenvalue weighted by Crippen LogP contribution is -2.61. The fourth-order valence-corrected chi connectivity index (χ4v) is 3.56. The lowest BCUT2D eigenvalue weighted by molar-refractivity contribution is -0.157. The van der Waals surface area contributed by atoms with Crippen LogP contribution in [0.5, 0.6) is 0 Å². The van der Waals surface area contributed by atoms with Crippen LogP contribution in [0.15, 0.2) is 0 Å². The van der Waals surface area contributed by atoms with Crippen molar-refractivity contribution >= 4 is 5.97 Å². The third-order valence-electron chi connectivity index (χ3n) is 4.82. The summed E-state index contributed by atoms with van der Waals surface area (Å²) in [5.41, 5.74) is -0.412. The van der Waals surface area contributed by atoms with Crippen molar-refractivity contribution in [1.29, 1.82) is 0 Å². The monoisotopic (exact) mass is 267 g/mol. The number of hydrogen-bond donors (Lipinski definition) is 1. The van der Waals surface area contributed by atoms with Crippen molar-refractivity contribution in [2.45, 2.75) is 64.8 Å². The first kappa shape index (κ1) is 14.8. The summed E-state index contributed by atoms with van der Waals surface area (Å²) in [5.74, 6) is 1.73. The second-order valence-electron chi connectivity index (χ2n) is 6.61. The van der Waals surface area contributed by atoms with Gasteiger partial charge in [0.2, 0.25) is 0 Å². The number of esters is 1. The molecule has 0 saturated heterocycles. The number of rotatable bonds is 6. The number of carbonyl (C=O) groups is 1. The van der Waals surface area contributed by atoms with Crippen LogP contribution in [0.4, 0.5) is 0 Å². The average Bonchev–Trinajstić information content (AvgIpc) is 3.20. The van der Waals surface area contributed by atoms with Crippen LogP contribution in [-0.4, -0.2) is 24.7 Å². The summed E-state index contributed by atoms with van der Waals surface area (Å²) in [5, 5.41) is 3.64. The summed E-state index contributed by atoms with van der Waals surface area (Å²) < 4.78 is 5.42. The first-order valence-electron chi connectivity index (χ1n) is 8.02. The molecule has 2 aliphatic carbocycles. The molecule has 2 unspecified atom stereocenters. The summed E-state index contributed by atoms with van der Waals surface area (Å²) in [6, 6.07) is 0. The van der Waals surface area contributed by atoms with Crippen molar-refractivity contribution in [2.75, 3.05) is 13.2 Å². The largest absolute Gasteiger partial charge is 0.465 e. The molecule has 0 aromatic carbocycles. The molecule has 19 heavy (non-hydrogen) atoms. The van der Waals surface area contributed by atoms with Crippen molar-refractivity contribution in [3.05, 3.63) is 0 Å². The first-order chi connectivity index (χ1) is 9.10. The SMILES string of the molecule is CCOC(=O)C1(NCC2CC2)CCCCC1C(C)C. The molecule has 0 heterocycles. The molecule has 110 valence electrons. The Labute approximate surface area is 117 Å². The topological polar surface area (TPSA) is 38.3 Å². The van der Waals surface area contributed by atoms with Gasteiger partial charge < -0.3 is 10.1 Å². The minimum Gasteiger partial charge on any atom is -0.465 e. The van der Waals surface area contributed by atoms with E-state index in [9.17, 15) is 4.79 Å². The van der Waals surface area contributed by atoms with E-state index in [1.165, 1.54) is 19.3 Å². The molecule has 0 aliphatic heterocycles. The molecule has 3 heteroatoms. The van der Waals surface area contributed by atoms with E-state index in [1.54, 1.807) is 0 Å². The van der Waals surface area contributed by atoms with E-state index in [4.69, 9.17) is 4.74 Å². The molecule has 0 aromatic rings. The molecular weight excluding hydrogens is 238 g/mol. The molecular formula is C16H29NO2. The van der Waals surface area contributed by atoms with Crippen molar-refractivity contribution in [2.24, 2.45) is 17.8 Å². The van der Waals surface area contributed by atoms with Crippen molar-refractivity contribution in [3.8, 4) is 0 Å². The van der Waals surface area contributed by atoms with Gasteiger partial charge in [-0.05, 0) is 56.9 Å². The molecule has 0 amide bonds. The number of ether oxygens (including phenoxy) is 1.